The monoisotopic (exact) mass is 235 g/mol. The third-order valence-electron chi connectivity index (χ3n) is 1.96. The summed E-state index contributed by atoms with van der Waals surface area (Å²) in [6.07, 6.45) is 7.84. The highest BCUT2D eigenvalue weighted by atomic mass is 19.1. The molecule has 0 saturated heterocycles. The number of ketones is 1. The van der Waals surface area contributed by atoms with Crippen molar-refractivity contribution >= 4 is 18.2 Å². The van der Waals surface area contributed by atoms with Gasteiger partial charge < -0.3 is 0 Å². The van der Waals surface area contributed by atoms with Crippen LogP contribution < -0.4 is 5.43 Å². The Morgan fingerprint density at radius 1 is 1.53 bits per heavy atom. The molecule has 4 nitrogen and oxygen atoms in total. The van der Waals surface area contributed by atoms with Crippen molar-refractivity contribution in [2.45, 2.75) is 20.3 Å². The highest BCUT2D eigenvalue weighted by Crippen LogP contribution is 2.06. The van der Waals surface area contributed by atoms with Gasteiger partial charge in [-0.1, -0.05) is 0 Å². The lowest BCUT2D eigenvalue weighted by atomic mass is 10.2. The zero-order chi connectivity index (χ0) is 12.7. The van der Waals surface area contributed by atoms with E-state index < -0.39 is 0 Å². The van der Waals surface area contributed by atoms with Gasteiger partial charge in [0.15, 0.2) is 5.78 Å². The van der Waals surface area contributed by atoms with Gasteiger partial charge in [-0.15, -0.1) is 0 Å². The van der Waals surface area contributed by atoms with Gasteiger partial charge in [0.25, 0.3) is 0 Å². The van der Waals surface area contributed by atoms with Crippen LogP contribution in [0.5, 0.6) is 0 Å². The molecule has 1 heterocycles. The lowest BCUT2D eigenvalue weighted by molar-refractivity contribution is -0.113. The van der Waals surface area contributed by atoms with Crippen molar-refractivity contribution in [1.29, 1.82) is 0 Å². The summed E-state index contributed by atoms with van der Waals surface area (Å²) in [5.74, 6) is -0.399. The number of carbonyl (C=O) groups is 1. The van der Waals surface area contributed by atoms with E-state index in [1.807, 2.05) is 0 Å². The number of carbonyl (C=O) groups excluding carboxylic acids is 1. The van der Waals surface area contributed by atoms with Gasteiger partial charge >= 0.3 is 0 Å². The molecule has 90 valence electrons. The number of nitrogens with zero attached hydrogens (tertiary/aromatic N) is 2. The van der Waals surface area contributed by atoms with E-state index >= 15 is 0 Å². The van der Waals surface area contributed by atoms with Gasteiger partial charge in [-0.25, -0.2) is 4.39 Å². The molecule has 0 amide bonds. The Hall–Kier alpha value is -2.04. The minimum absolute atomic E-state index is 0.114. The summed E-state index contributed by atoms with van der Waals surface area (Å²) in [4.78, 5) is 15.1. The number of halogens is 1. The second kappa shape index (κ2) is 6.52. The minimum atomic E-state index is -0.285. The van der Waals surface area contributed by atoms with E-state index in [1.54, 1.807) is 12.4 Å². The number of hydrogen-bond donors (Lipinski definition) is 1. The first-order chi connectivity index (χ1) is 8.09. The second-order valence-electron chi connectivity index (χ2n) is 3.51. The topological polar surface area (TPSA) is 53.8 Å². The SMILES string of the molecule is CC(=O)C1=C\N=CCC(/C=C(/C)F)=C\N/N=C\1. The third-order valence-corrected chi connectivity index (χ3v) is 1.96. The standard InChI is InChI=1S/C12H14FN3O/c1-9(13)5-11-3-4-14-7-12(10(2)17)8-16-15-6-11/h4-8,15H,3H2,1-2H3/b9-5-,11-6+,12-7-,14-4?,16-8-. The molecule has 0 spiro atoms. The first-order valence-corrected chi connectivity index (χ1v) is 5.14. The smallest absolute Gasteiger partial charge is 0.162 e. The van der Waals surface area contributed by atoms with Crippen molar-refractivity contribution in [3.8, 4) is 0 Å². The van der Waals surface area contributed by atoms with Crippen LogP contribution in [0.1, 0.15) is 20.3 Å². The Kier molecular flexibility index (Phi) is 5.00. The van der Waals surface area contributed by atoms with E-state index in [2.05, 4.69) is 15.5 Å². The number of hydrazone groups is 1. The lowest BCUT2D eigenvalue weighted by Crippen LogP contribution is -2.03. The lowest BCUT2D eigenvalue weighted by Gasteiger charge is -2.00. The van der Waals surface area contributed by atoms with E-state index in [1.165, 1.54) is 32.3 Å². The van der Waals surface area contributed by atoms with E-state index in [9.17, 15) is 9.18 Å². The molecule has 0 aromatic carbocycles. The van der Waals surface area contributed by atoms with Gasteiger partial charge in [0, 0.05) is 25.0 Å². The van der Waals surface area contributed by atoms with Crippen LogP contribution in [0.2, 0.25) is 0 Å². The second-order valence-corrected chi connectivity index (χ2v) is 3.51. The zero-order valence-electron chi connectivity index (χ0n) is 9.77. The Balaban J connectivity index is 2.86. The Morgan fingerprint density at radius 3 is 2.94 bits per heavy atom. The molecular weight excluding hydrogens is 221 g/mol. The summed E-state index contributed by atoms with van der Waals surface area (Å²) in [6, 6.07) is 0. The van der Waals surface area contributed by atoms with E-state index in [0.717, 1.165) is 0 Å². The van der Waals surface area contributed by atoms with Gasteiger partial charge in [0.05, 0.1) is 17.6 Å². The quantitative estimate of drug-likeness (QED) is 0.798. The minimum Gasteiger partial charge on any atom is -0.294 e. The number of allylic oxidation sites excluding steroid dienone is 4. The molecule has 1 aliphatic rings. The maximum Gasteiger partial charge on any atom is 0.162 e. The van der Waals surface area contributed by atoms with Crippen molar-refractivity contribution in [1.82, 2.24) is 5.43 Å². The van der Waals surface area contributed by atoms with Crippen LogP contribution in [0.4, 0.5) is 4.39 Å². The van der Waals surface area contributed by atoms with Gasteiger partial charge in [0.1, 0.15) is 0 Å². The number of hydrogen-bond acceptors (Lipinski definition) is 4. The first-order valence-electron chi connectivity index (χ1n) is 5.14. The Bertz CT molecular complexity index is 441. The molecule has 1 aliphatic heterocycles. The largest absolute Gasteiger partial charge is 0.294 e. The van der Waals surface area contributed by atoms with Crippen LogP contribution in [0, 0.1) is 0 Å². The van der Waals surface area contributed by atoms with Crippen molar-refractivity contribution in [3.63, 3.8) is 0 Å². The summed E-state index contributed by atoms with van der Waals surface area (Å²) in [5, 5.41) is 3.83. The number of aliphatic imine (C=N–C) groups is 1. The zero-order valence-corrected chi connectivity index (χ0v) is 9.77. The molecule has 1 rings (SSSR count). The van der Waals surface area contributed by atoms with Gasteiger partial charge in [-0.3, -0.25) is 15.2 Å². The number of rotatable bonds is 2. The predicted octanol–water partition coefficient (Wildman–Crippen LogP) is 2.27. The fourth-order valence-electron chi connectivity index (χ4n) is 1.15. The highest BCUT2D eigenvalue weighted by Gasteiger charge is 2.00. The molecule has 0 aliphatic carbocycles. The van der Waals surface area contributed by atoms with Crippen LogP contribution in [0.15, 0.2) is 45.5 Å². The molecule has 0 fully saturated rings. The molecule has 0 bridgehead atoms. The summed E-state index contributed by atoms with van der Waals surface area (Å²) in [7, 11) is 0. The maximum absolute atomic E-state index is 12.7. The van der Waals surface area contributed by atoms with Crippen molar-refractivity contribution < 1.29 is 9.18 Å². The average Bonchev–Trinajstić information content (AvgIpc) is 2.25. The molecule has 0 aromatic rings. The molecule has 0 radical (unpaired) electrons. The Labute approximate surface area is 99.3 Å². The van der Waals surface area contributed by atoms with Crippen LogP contribution in [-0.2, 0) is 4.79 Å². The van der Waals surface area contributed by atoms with E-state index in [0.29, 0.717) is 17.6 Å². The van der Waals surface area contributed by atoms with Gasteiger partial charge in [-0.2, -0.15) is 5.10 Å². The molecule has 0 saturated carbocycles. The first kappa shape index (κ1) is 13.0. The van der Waals surface area contributed by atoms with Crippen molar-refractivity contribution in [2.75, 3.05) is 0 Å². The summed E-state index contributed by atoms with van der Waals surface area (Å²) in [5.41, 5.74) is 3.76. The van der Waals surface area contributed by atoms with Gasteiger partial charge in [0.2, 0.25) is 0 Å². The molecule has 1 N–H and O–H groups in total. The molecule has 5 heteroatoms. The molecule has 0 unspecified atom stereocenters. The molecule has 17 heavy (non-hydrogen) atoms. The van der Waals surface area contributed by atoms with Crippen LogP contribution >= 0.6 is 0 Å². The number of nitrogens with one attached hydrogen (secondary N) is 1. The van der Waals surface area contributed by atoms with Gasteiger partial charge in [-0.05, 0) is 25.5 Å². The van der Waals surface area contributed by atoms with Crippen LogP contribution in [0.25, 0.3) is 0 Å². The highest BCUT2D eigenvalue weighted by molar-refractivity contribution is 6.12. The molecule has 0 aromatic heterocycles. The average molecular weight is 235 g/mol. The Morgan fingerprint density at radius 2 is 2.29 bits per heavy atom. The summed E-state index contributed by atoms with van der Waals surface area (Å²) in [6.45, 7) is 2.81. The summed E-state index contributed by atoms with van der Waals surface area (Å²) >= 11 is 0. The van der Waals surface area contributed by atoms with Crippen LogP contribution in [-0.4, -0.2) is 18.2 Å². The van der Waals surface area contributed by atoms with Crippen LogP contribution in [0.3, 0.4) is 0 Å². The maximum atomic E-state index is 12.7. The van der Waals surface area contributed by atoms with E-state index in [4.69, 9.17) is 0 Å². The fourth-order valence-corrected chi connectivity index (χ4v) is 1.15. The third kappa shape index (κ3) is 5.01. The fraction of sp³-hybridized carbons (Fsp3) is 0.250. The summed E-state index contributed by atoms with van der Waals surface area (Å²) < 4.78 is 12.7. The predicted molar refractivity (Wildman–Crippen MR) is 66.4 cm³/mol. The normalized spacial score (nSPS) is 25.0. The molecule has 0 atom stereocenters. The van der Waals surface area contributed by atoms with Crippen molar-refractivity contribution in [3.05, 3.63) is 35.4 Å². The van der Waals surface area contributed by atoms with Crippen molar-refractivity contribution in [2.24, 2.45) is 10.1 Å². The molecular formula is C12H14FN3O. The van der Waals surface area contributed by atoms with E-state index in [-0.39, 0.29) is 11.6 Å². The number of Topliss-reactive ketones (excluding diaryl/α,β-unsaturated/α-hetero) is 1.